The van der Waals surface area contributed by atoms with Crippen molar-refractivity contribution in [1.29, 1.82) is 0 Å². The van der Waals surface area contributed by atoms with Gasteiger partial charge in [-0.3, -0.25) is 4.98 Å². The minimum atomic E-state index is -0.304. The Morgan fingerprint density at radius 2 is 2.15 bits per heavy atom. The quantitative estimate of drug-likeness (QED) is 0.880. The zero-order chi connectivity index (χ0) is 14.4. The molecule has 0 bridgehead atoms. The van der Waals surface area contributed by atoms with Crippen molar-refractivity contribution in [2.24, 2.45) is 5.73 Å². The minimum absolute atomic E-state index is 0.0421. The van der Waals surface area contributed by atoms with E-state index in [0.29, 0.717) is 18.8 Å². The maximum atomic E-state index is 13.6. The fourth-order valence-electron chi connectivity index (χ4n) is 1.91. The summed E-state index contributed by atoms with van der Waals surface area (Å²) in [7, 11) is 0. The molecule has 1 aromatic carbocycles. The van der Waals surface area contributed by atoms with Crippen LogP contribution < -0.4 is 10.5 Å². The molecule has 0 radical (unpaired) electrons. The molecular weight excluding hydrogens is 255 g/mol. The van der Waals surface area contributed by atoms with Gasteiger partial charge in [-0.05, 0) is 42.7 Å². The van der Waals surface area contributed by atoms with Crippen molar-refractivity contribution < 1.29 is 9.13 Å². The number of nitrogens with two attached hydrogens (primary N) is 1. The van der Waals surface area contributed by atoms with E-state index in [1.807, 2.05) is 31.2 Å². The van der Waals surface area contributed by atoms with Crippen molar-refractivity contribution in [3.05, 3.63) is 59.7 Å². The van der Waals surface area contributed by atoms with Crippen LogP contribution >= 0.6 is 0 Å². The van der Waals surface area contributed by atoms with E-state index >= 15 is 0 Å². The predicted octanol–water partition coefficient (Wildman–Crippen LogP) is 3.08. The van der Waals surface area contributed by atoms with Gasteiger partial charge in [0.1, 0.15) is 18.2 Å². The Kier molecular flexibility index (Phi) is 5.07. The number of hydrogen-bond acceptors (Lipinski definition) is 3. The van der Waals surface area contributed by atoms with E-state index < -0.39 is 0 Å². The van der Waals surface area contributed by atoms with Crippen molar-refractivity contribution in [2.75, 3.05) is 0 Å². The SMILES string of the molecule is CCC(N)Cc1cc(F)cc(OCc2ccccn2)c1. The Morgan fingerprint density at radius 3 is 2.85 bits per heavy atom. The van der Waals surface area contributed by atoms with Crippen molar-refractivity contribution in [3.63, 3.8) is 0 Å². The number of hydrogen-bond donors (Lipinski definition) is 1. The first-order valence-electron chi connectivity index (χ1n) is 6.75. The van der Waals surface area contributed by atoms with E-state index in [2.05, 4.69) is 4.98 Å². The first-order valence-corrected chi connectivity index (χ1v) is 6.75. The van der Waals surface area contributed by atoms with Crippen molar-refractivity contribution in [3.8, 4) is 5.75 Å². The summed E-state index contributed by atoms with van der Waals surface area (Å²) < 4.78 is 19.2. The fourth-order valence-corrected chi connectivity index (χ4v) is 1.91. The van der Waals surface area contributed by atoms with Crippen LogP contribution in [0.25, 0.3) is 0 Å². The smallest absolute Gasteiger partial charge is 0.130 e. The Morgan fingerprint density at radius 1 is 1.30 bits per heavy atom. The van der Waals surface area contributed by atoms with Gasteiger partial charge in [0, 0.05) is 18.3 Å². The molecule has 0 aliphatic rings. The number of ether oxygens (including phenoxy) is 1. The highest BCUT2D eigenvalue weighted by Crippen LogP contribution is 2.19. The fraction of sp³-hybridized carbons (Fsp3) is 0.312. The van der Waals surface area contributed by atoms with Crippen LogP contribution in [0.15, 0.2) is 42.6 Å². The number of nitrogens with zero attached hydrogens (tertiary/aromatic N) is 1. The second-order valence-electron chi connectivity index (χ2n) is 4.78. The van der Waals surface area contributed by atoms with Gasteiger partial charge in [-0.25, -0.2) is 4.39 Å². The van der Waals surface area contributed by atoms with Crippen LogP contribution in [-0.2, 0) is 13.0 Å². The lowest BCUT2D eigenvalue weighted by Gasteiger charge is -2.11. The van der Waals surface area contributed by atoms with Gasteiger partial charge in [-0.2, -0.15) is 0 Å². The van der Waals surface area contributed by atoms with Crippen LogP contribution in [0, 0.1) is 5.82 Å². The maximum Gasteiger partial charge on any atom is 0.130 e. The molecule has 0 amide bonds. The lowest BCUT2D eigenvalue weighted by molar-refractivity contribution is 0.299. The first-order chi connectivity index (χ1) is 9.67. The summed E-state index contributed by atoms with van der Waals surface area (Å²) in [5.41, 5.74) is 7.56. The normalized spacial score (nSPS) is 12.2. The number of halogens is 1. The molecule has 1 heterocycles. The van der Waals surface area contributed by atoms with Crippen molar-refractivity contribution in [1.82, 2.24) is 4.98 Å². The molecule has 4 heteroatoms. The summed E-state index contributed by atoms with van der Waals surface area (Å²) in [5, 5.41) is 0. The molecule has 20 heavy (non-hydrogen) atoms. The van der Waals surface area contributed by atoms with E-state index in [1.165, 1.54) is 12.1 Å². The molecule has 1 aromatic heterocycles. The van der Waals surface area contributed by atoms with Gasteiger partial charge in [0.25, 0.3) is 0 Å². The second-order valence-corrected chi connectivity index (χ2v) is 4.78. The van der Waals surface area contributed by atoms with Gasteiger partial charge in [-0.15, -0.1) is 0 Å². The van der Waals surface area contributed by atoms with Gasteiger partial charge in [0.15, 0.2) is 0 Å². The highest BCUT2D eigenvalue weighted by atomic mass is 19.1. The summed E-state index contributed by atoms with van der Waals surface area (Å²) >= 11 is 0. The Hall–Kier alpha value is -1.94. The van der Waals surface area contributed by atoms with Crippen LogP contribution in [0.4, 0.5) is 4.39 Å². The predicted molar refractivity (Wildman–Crippen MR) is 76.9 cm³/mol. The summed E-state index contributed by atoms with van der Waals surface area (Å²) in [5.74, 6) is 0.204. The third-order valence-corrected chi connectivity index (χ3v) is 3.07. The molecule has 1 atom stereocenters. The molecule has 106 valence electrons. The van der Waals surface area contributed by atoms with Gasteiger partial charge < -0.3 is 10.5 Å². The summed E-state index contributed by atoms with van der Waals surface area (Å²) in [6, 6.07) is 10.4. The second kappa shape index (κ2) is 7.01. The molecule has 0 spiro atoms. The third-order valence-electron chi connectivity index (χ3n) is 3.07. The highest BCUT2D eigenvalue weighted by Gasteiger charge is 2.06. The molecule has 2 aromatic rings. The number of benzene rings is 1. The molecule has 2 N–H and O–H groups in total. The molecule has 2 rings (SSSR count). The van der Waals surface area contributed by atoms with Crippen LogP contribution in [0.2, 0.25) is 0 Å². The molecule has 3 nitrogen and oxygen atoms in total. The zero-order valence-electron chi connectivity index (χ0n) is 11.6. The van der Waals surface area contributed by atoms with Crippen molar-refractivity contribution >= 4 is 0 Å². The van der Waals surface area contributed by atoms with E-state index in [-0.39, 0.29) is 11.9 Å². The van der Waals surface area contributed by atoms with E-state index in [0.717, 1.165) is 17.7 Å². The number of aromatic nitrogens is 1. The molecule has 0 fully saturated rings. The van der Waals surface area contributed by atoms with E-state index in [1.54, 1.807) is 6.20 Å². The number of rotatable bonds is 6. The van der Waals surface area contributed by atoms with Crippen LogP contribution in [0.5, 0.6) is 5.75 Å². The van der Waals surface area contributed by atoms with Crippen LogP contribution in [-0.4, -0.2) is 11.0 Å². The summed E-state index contributed by atoms with van der Waals surface area (Å²) in [6.07, 6.45) is 3.21. The lowest BCUT2D eigenvalue weighted by atomic mass is 10.0. The highest BCUT2D eigenvalue weighted by molar-refractivity contribution is 5.30. The molecule has 0 aliphatic carbocycles. The van der Waals surface area contributed by atoms with Gasteiger partial charge in [0.05, 0.1) is 5.69 Å². The molecule has 1 unspecified atom stereocenters. The Bertz CT molecular complexity index is 545. The lowest BCUT2D eigenvalue weighted by Crippen LogP contribution is -2.21. The standard InChI is InChI=1S/C16H19FN2O/c1-2-14(18)8-12-7-13(17)10-16(9-12)20-11-15-5-3-4-6-19-15/h3-7,9-10,14H,2,8,11,18H2,1H3. The van der Waals surface area contributed by atoms with Crippen LogP contribution in [0.1, 0.15) is 24.6 Å². The molecule has 0 saturated carbocycles. The zero-order valence-corrected chi connectivity index (χ0v) is 11.6. The summed E-state index contributed by atoms with van der Waals surface area (Å²) in [6.45, 7) is 2.34. The average Bonchev–Trinajstić information content (AvgIpc) is 2.45. The molecule has 0 saturated heterocycles. The van der Waals surface area contributed by atoms with Gasteiger partial charge >= 0.3 is 0 Å². The molecular formula is C16H19FN2O. The largest absolute Gasteiger partial charge is 0.487 e. The molecule has 0 aliphatic heterocycles. The van der Waals surface area contributed by atoms with Crippen molar-refractivity contribution in [2.45, 2.75) is 32.4 Å². The van der Waals surface area contributed by atoms with Gasteiger partial charge in [-0.1, -0.05) is 13.0 Å². The Labute approximate surface area is 118 Å². The van der Waals surface area contributed by atoms with E-state index in [9.17, 15) is 4.39 Å². The summed E-state index contributed by atoms with van der Waals surface area (Å²) in [4.78, 5) is 4.16. The van der Waals surface area contributed by atoms with Gasteiger partial charge in [0.2, 0.25) is 0 Å². The average molecular weight is 274 g/mol. The van der Waals surface area contributed by atoms with E-state index in [4.69, 9.17) is 10.5 Å². The minimum Gasteiger partial charge on any atom is -0.487 e. The Balaban J connectivity index is 2.04. The third kappa shape index (κ3) is 4.31. The monoisotopic (exact) mass is 274 g/mol. The van der Waals surface area contributed by atoms with Crippen LogP contribution in [0.3, 0.4) is 0 Å². The maximum absolute atomic E-state index is 13.6. The first kappa shape index (κ1) is 14.5. The number of pyridine rings is 1. The topological polar surface area (TPSA) is 48.1 Å².